The first-order valence-corrected chi connectivity index (χ1v) is 8.19. The maximum absolute atomic E-state index is 11.5. The van der Waals surface area contributed by atoms with Gasteiger partial charge >= 0.3 is 6.09 Å². The minimum atomic E-state index is -0.543. The second kappa shape index (κ2) is 8.06. The number of benzene rings is 2. The molecule has 0 aliphatic rings. The smallest absolute Gasteiger partial charge is 0.411 e. The molecule has 0 atom stereocenters. The molecular weight excluding hydrogens is 326 g/mol. The Hall–Kier alpha value is -2.20. The van der Waals surface area contributed by atoms with Gasteiger partial charge < -0.3 is 9.47 Å². The van der Waals surface area contributed by atoms with E-state index in [1.807, 2.05) is 6.07 Å². The van der Waals surface area contributed by atoms with Crippen molar-refractivity contribution < 1.29 is 14.3 Å². The molecule has 0 spiro atoms. The standard InChI is InChI=1S/C19H22ClNO3/c1-5-14-9-12(2)13(3)10-18(14)24-11-15-16(20)7-6-8-17(15)21-19(22)23-4/h6-10H,5,11H2,1-4H3,(H,21,22). The van der Waals surface area contributed by atoms with Crippen LogP contribution in [0.3, 0.4) is 0 Å². The lowest BCUT2D eigenvalue weighted by atomic mass is 10.0. The highest BCUT2D eigenvalue weighted by Crippen LogP contribution is 2.29. The molecule has 0 heterocycles. The van der Waals surface area contributed by atoms with Crippen molar-refractivity contribution in [1.29, 1.82) is 0 Å². The van der Waals surface area contributed by atoms with Gasteiger partial charge in [0.1, 0.15) is 12.4 Å². The molecule has 0 radical (unpaired) electrons. The number of ether oxygens (including phenoxy) is 2. The number of aryl methyl sites for hydroxylation is 3. The van der Waals surface area contributed by atoms with Crippen LogP contribution in [-0.4, -0.2) is 13.2 Å². The first-order chi connectivity index (χ1) is 11.5. The first kappa shape index (κ1) is 18.1. The summed E-state index contributed by atoms with van der Waals surface area (Å²) in [7, 11) is 1.32. The summed E-state index contributed by atoms with van der Waals surface area (Å²) in [6.45, 7) is 6.50. The van der Waals surface area contributed by atoms with Crippen molar-refractivity contribution in [3.63, 3.8) is 0 Å². The molecule has 0 aromatic heterocycles. The monoisotopic (exact) mass is 347 g/mol. The van der Waals surface area contributed by atoms with Crippen LogP contribution >= 0.6 is 11.6 Å². The lowest BCUT2D eigenvalue weighted by Gasteiger charge is -2.16. The topological polar surface area (TPSA) is 47.6 Å². The molecule has 2 aromatic rings. The van der Waals surface area contributed by atoms with Crippen LogP contribution in [0.15, 0.2) is 30.3 Å². The molecule has 0 bridgehead atoms. The van der Waals surface area contributed by atoms with Crippen molar-refractivity contribution in [1.82, 2.24) is 0 Å². The minimum Gasteiger partial charge on any atom is -0.488 e. The highest BCUT2D eigenvalue weighted by molar-refractivity contribution is 6.31. The molecule has 0 aliphatic carbocycles. The van der Waals surface area contributed by atoms with E-state index < -0.39 is 6.09 Å². The Kier molecular flexibility index (Phi) is 6.10. The van der Waals surface area contributed by atoms with Crippen LogP contribution in [0.4, 0.5) is 10.5 Å². The number of carbonyl (C=O) groups is 1. The van der Waals surface area contributed by atoms with Gasteiger partial charge in [-0.25, -0.2) is 4.79 Å². The lowest BCUT2D eigenvalue weighted by Crippen LogP contribution is -2.13. The summed E-state index contributed by atoms with van der Waals surface area (Å²) in [5.74, 6) is 0.838. The third-order valence-corrected chi connectivity index (χ3v) is 4.32. The predicted octanol–water partition coefficient (Wildman–Crippen LogP) is 5.28. The molecule has 0 saturated heterocycles. The molecule has 2 rings (SSSR count). The maximum atomic E-state index is 11.5. The van der Waals surface area contributed by atoms with Gasteiger partial charge in [0.2, 0.25) is 0 Å². The van der Waals surface area contributed by atoms with Gasteiger partial charge in [-0.3, -0.25) is 5.32 Å². The van der Waals surface area contributed by atoms with Crippen LogP contribution < -0.4 is 10.1 Å². The number of anilines is 1. The summed E-state index contributed by atoms with van der Waals surface area (Å²) in [6.07, 6.45) is 0.339. The number of carbonyl (C=O) groups excluding carboxylic acids is 1. The minimum absolute atomic E-state index is 0.258. The highest BCUT2D eigenvalue weighted by Gasteiger charge is 2.12. The average molecular weight is 348 g/mol. The van der Waals surface area contributed by atoms with Gasteiger partial charge in [-0.05, 0) is 55.2 Å². The molecule has 0 aliphatic heterocycles. The Labute approximate surface area is 147 Å². The molecule has 128 valence electrons. The Bertz CT molecular complexity index is 744. The van der Waals surface area contributed by atoms with Crippen molar-refractivity contribution in [2.24, 2.45) is 0 Å². The number of hydrogen-bond acceptors (Lipinski definition) is 3. The Morgan fingerprint density at radius 3 is 2.58 bits per heavy atom. The highest BCUT2D eigenvalue weighted by atomic mass is 35.5. The summed E-state index contributed by atoms with van der Waals surface area (Å²) in [5.41, 5.74) is 4.85. The normalized spacial score (nSPS) is 10.4. The van der Waals surface area contributed by atoms with E-state index in [4.69, 9.17) is 16.3 Å². The SMILES string of the molecule is CCc1cc(C)c(C)cc1OCc1c(Cl)cccc1NC(=O)OC. The van der Waals surface area contributed by atoms with Gasteiger partial charge in [0.25, 0.3) is 0 Å². The molecule has 4 nitrogen and oxygen atoms in total. The van der Waals surface area contributed by atoms with Crippen LogP contribution in [0.2, 0.25) is 5.02 Å². The van der Waals surface area contributed by atoms with E-state index in [9.17, 15) is 4.79 Å². The Balaban J connectivity index is 2.26. The zero-order valence-electron chi connectivity index (χ0n) is 14.4. The van der Waals surface area contributed by atoms with Crippen molar-refractivity contribution in [2.45, 2.75) is 33.8 Å². The number of rotatable bonds is 5. The van der Waals surface area contributed by atoms with Crippen molar-refractivity contribution in [3.05, 3.63) is 57.6 Å². The predicted molar refractivity (Wildman–Crippen MR) is 97.1 cm³/mol. The molecule has 24 heavy (non-hydrogen) atoms. The summed E-state index contributed by atoms with van der Waals surface area (Å²) < 4.78 is 10.7. The van der Waals surface area contributed by atoms with Crippen LogP contribution in [-0.2, 0) is 17.8 Å². The third-order valence-electron chi connectivity index (χ3n) is 3.97. The lowest BCUT2D eigenvalue weighted by molar-refractivity contribution is 0.187. The largest absolute Gasteiger partial charge is 0.488 e. The van der Waals surface area contributed by atoms with E-state index in [-0.39, 0.29) is 6.61 Å². The zero-order chi connectivity index (χ0) is 17.7. The van der Waals surface area contributed by atoms with E-state index in [0.29, 0.717) is 16.3 Å². The summed E-state index contributed by atoms with van der Waals surface area (Å²) in [4.78, 5) is 11.5. The number of halogens is 1. The van der Waals surface area contributed by atoms with Crippen molar-refractivity contribution >= 4 is 23.4 Å². The fraction of sp³-hybridized carbons (Fsp3) is 0.316. The fourth-order valence-corrected chi connectivity index (χ4v) is 2.62. The average Bonchev–Trinajstić information content (AvgIpc) is 2.56. The molecule has 1 N–H and O–H groups in total. The second-order valence-corrected chi connectivity index (χ2v) is 5.98. The first-order valence-electron chi connectivity index (χ1n) is 7.81. The second-order valence-electron chi connectivity index (χ2n) is 5.57. The molecular formula is C19H22ClNO3. The Morgan fingerprint density at radius 2 is 1.92 bits per heavy atom. The van der Waals surface area contributed by atoms with Crippen LogP contribution in [0.1, 0.15) is 29.2 Å². The summed E-state index contributed by atoms with van der Waals surface area (Å²) in [6, 6.07) is 9.49. The van der Waals surface area contributed by atoms with E-state index in [0.717, 1.165) is 17.7 Å². The Morgan fingerprint density at radius 1 is 1.21 bits per heavy atom. The third kappa shape index (κ3) is 4.20. The van der Waals surface area contributed by atoms with Crippen LogP contribution in [0, 0.1) is 13.8 Å². The van der Waals surface area contributed by atoms with Gasteiger partial charge in [-0.15, -0.1) is 0 Å². The van der Waals surface area contributed by atoms with Crippen LogP contribution in [0.5, 0.6) is 5.75 Å². The van der Waals surface area contributed by atoms with E-state index in [1.54, 1.807) is 18.2 Å². The molecule has 2 aromatic carbocycles. The number of nitrogens with one attached hydrogen (secondary N) is 1. The maximum Gasteiger partial charge on any atom is 0.411 e. The van der Waals surface area contributed by atoms with Crippen LogP contribution in [0.25, 0.3) is 0 Å². The number of hydrogen-bond donors (Lipinski definition) is 1. The molecule has 1 amide bonds. The van der Waals surface area contributed by atoms with E-state index >= 15 is 0 Å². The van der Waals surface area contributed by atoms with E-state index in [2.05, 4.69) is 36.9 Å². The van der Waals surface area contributed by atoms with Gasteiger partial charge in [0, 0.05) is 10.6 Å². The van der Waals surface area contributed by atoms with E-state index in [1.165, 1.54) is 18.2 Å². The number of amides is 1. The zero-order valence-corrected chi connectivity index (χ0v) is 15.2. The van der Waals surface area contributed by atoms with Crippen molar-refractivity contribution in [3.8, 4) is 5.75 Å². The number of methoxy groups -OCH3 is 1. The summed E-state index contributed by atoms with van der Waals surface area (Å²) in [5, 5.41) is 3.19. The molecule has 0 unspecified atom stereocenters. The molecule has 0 fully saturated rings. The van der Waals surface area contributed by atoms with Gasteiger partial charge in [-0.2, -0.15) is 0 Å². The van der Waals surface area contributed by atoms with Gasteiger partial charge in [0.15, 0.2) is 0 Å². The quantitative estimate of drug-likeness (QED) is 0.800. The fourth-order valence-electron chi connectivity index (χ4n) is 2.39. The van der Waals surface area contributed by atoms with Crippen molar-refractivity contribution in [2.75, 3.05) is 12.4 Å². The molecule has 0 saturated carbocycles. The van der Waals surface area contributed by atoms with Gasteiger partial charge in [0.05, 0.1) is 12.8 Å². The molecule has 5 heteroatoms. The van der Waals surface area contributed by atoms with Gasteiger partial charge in [-0.1, -0.05) is 30.7 Å². The summed E-state index contributed by atoms with van der Waals surface area (Å²) >= 11 is 6.28.